The molecule has 0 radical (unpaired) electrons. The van der Waals surface area contributed by atoms with Gasteiger partial charge < -0.3 is 15.8 Å². The normalized spacial score (nSPS) is 25.3. The van der Waals surface area contributed by atoms with Gasteiger partial charge in [-0.25, -0.2) is 4.79 Å². The Morgan fingerprint density at radius 3 is 3.04 bits per heavy atom. The zero-order chi connectivity index (χ0) is 18.2. The van der Waals surface area contributed by atoms with Gasteiger partial charge in [0.1, 0.15) is 11.1 Å². The molecule has 0 aromatic carbocycles. The summed E-state index contributed by atoms with van der Waals surface area (Å²) in [6.07, 6.45) is 0.336. The summed E-state index contributed by atoms with van der Waals surface area (Å²) in [5.41, 5.74) is 7.50. The van der Waals surface area contributed by atoms with Gasteiger partial charge in [-0.1, -0.05) is 16.9 Å². The fourth-order valence-electron chi connectivity index (χ4n) is 2.55. The van der Waals surface area contributed by atoms with Crippen LogP contribution in [0.25, 0.3) is 0 Å². The van der Waals surface area contributed by atoms with Crippen LogP contribution in [-0.2, 0) is 14.4 Å². The first kappa shape index (κ1) is 17.5. The summed E-state index contributed by atoms with van der Waals surface area (Å²) in [6, 6.07) is 0. The molecule has 0 aliphatic carbocycles. The van der Waals surface area contributed by atoms with Crippen LogP contribution in [0.5, 0.6) is 0 Å². The van der Waals surface area contributed by atoms with Crippen LogP contribution in [0.15, 0.2) is 16.4 Å². The molecule has 25 heavy (non-hydrogen) atoms. The minimum Gasteiger partial charge on any atom is -0.477 e. The first-order chi connectivity index (χ1) is 11.9. The number of fused-ring (bicyclic) bond motifs is 1. The van der Waals surface area contributed by atoms with Gasteiger partial charge in [0.2, 0.25) is 17.2 Å². The van der Waals surface area contributed by atoms with Crippen molar-refractivity contribution < 1.29 is 19.5 Å². The number of nitrogens with one attached hydrogen (secondary N) is 2. The van der Waals surface area contributed by atoms with Crippen molar-refractivity contribution in [3.63, 3.8) is 0 Å². The molecule has 5 N–H and O–H groups in total. The van der Waals surface area contributed by atoms with Crippen LogP contribution < -0.4 is 16.5 Å². The van der Waals surface area contributed by atoms with Crippen LogP contribution in [0, 0.1) is 0 Å². The predicted molar refractivity (Wildman–Crippen MR) is 87.7 cm³/mol. The van der Waals surface area contributed by atoms with Crippen LogP contribution in [0.4, 0.5) is 0 Å². The largest absolute Gasteiger partial charge is 0.477 e. The molecule has 2 amide bonds. The van der Waals surface area contributed by atoms with E-state index in [1.165, 1.54) is 28.3 Å². The number of aromatic nitrogens is 4. The molecular weight excluding hydrogens is 372 g/mol. The van der Waals surface area contributed by atoms with E-state index in [1.54, 1.807) is 7.05 Å². The topological polar surface area (TPSA) is 168 Å². The summed E-state index contributed by atoms with van der Waals surface area (Å²) in [7, 11) is 1.64. The highest BCUT2D eigenvalue weighted by Gasteiger charge is 2.62. The Labute approximate surface area is 149 Å². The molecule has 2 aliphatic rings. The molecule has 3 heterocycles. The second-order valence-corrected chi connectivity index (χ2v) is 7.12. The van der Waals surface area contributed by atoms with E-state index in [9.17, 15) is 19.5 Å². The first-order valence-corrected chi connectivity index (χ1v) is 8.97. The number of carbonyl (C=O) groups excluding carboxylic acids is 2. The second kappa shape index (κ2) is 6.53. The number of hydrogen-bond acceptors (Lipinski definition) is 10. The molecular formula is C11H14N8O4S2. The summed E-state index contributed by atoms with van der Waals surface area (Å²) in [5.74, 6) is -1.25. The van der Waals surface area contributed by atoms with Gasteiger partial charge >= 0.3 is 5.97 Å². The molecule has 1 aromatic heterocycles. The zero-order valence-electron chi connectivity index (χ0n) is 12.9. The van der Waals surface area contributed by atoms with Crippen molar-refractivity contribution in [3.8, 4) is 0 Å². The van der Waals surface area contributed by atoms with E-state index < -0.39 is 22.9 Å². The fraction of sp³-hybridized carbons (Fsp3) is 0.455. The van der Waals surface area contributed by atoms with E-state index in [0.29, 0.717) is 22.9 Å². The Bertz CT molecular complexity index is 767. The standard InChI is InChI=1S/C11H14N8O4S2/c1-13-19-10(15-16-17-19)25-3-5-2-24-9-11(12,14-4-20)8(23)18(9)6(5)7(21)22/h4,9,13H,2-3,12H2,1H3,(H,14,20)(H,21,22)/t9-,11+/m1/s1. The fourth-order valence-corrected chi connectivity index (χ4v) is 4.94. The van der Waals surface area contributed by atoms with Gasteiger partial charge in [-0.15, -0.1) is 16.6 Å². The Balaban J connectivity index is 1.83. The minimum absolute atomic E-state index is 0.112. The summed E-state index contributed by atoms with van der Waals surface area (Å²) in [4.78, 5) is 37.1. The molecule has 12 nitrogen and oxygen atoms in total. The number of carboxylic acids is 1. The van der Waals surface area contributed by atoms with Gasteiger partial charge in [0.15, 0.2) is 0 Å². The molecule has 0 bridgehead atoms. The molecule has 1 saturated heterocycles. The Morgan fingerprint density at radius 2 is 2.40 bits per heavy atom. The number of thioether (sulfide) groups is 2. The Morgan fingerprint density at radius 1 is 1.64 bits per heavy atom. The summed E-state index contributed by atoms with van der Waals surface area (Å²) in [6.45, 7) is 0. The highest BCUT2D eigenvalue weighted by molar-refractivity contribution is 8.01. The number of hydrogen-bond donors (Lipinski definition) is 4. The number of amides is 2. The number of β-lactam (4-membered cyclic amide) rings is 1. The predicted octanol–water partition coefficient (Wildman–Crippen LogP) is -2.41. The summed E-state index contributed by atoms with van der Waals surface area (Å²) in [5, 5.41) is 22.7. The summed E-state index contributed by atoms with van der Waals surface area (Å²) < 4.78 is 0. The van der Waals surface area contributed by atoms with Crippen molar-refractivity contribution in [2.24, 2.45) is 5.73 Å². The van der Waals surface area contributed by atoms with Crippen LogP contribution in [0.1, 0.15) is 0 Å². The third-order valence-corrected chi connectivity index (χ3v) is 6.14. The van der Waals surface area contributed by atoms with E-state index in [1.807, 2.05) is 0 Å². The maximum Gasteiger partial charge on any atom is 0.352 e. The van der Waals surface area contributed by atoms with Crippen LogP contribution in [0.2, 0.25) is 0 Å². The molecule has 0 saturated carbocycles. The number of nitrogens with two attached hydrogens (primary N) is 1. The van der Waals surface area contributed by atoms with E-state index in [-0.39, 0.29) is 11.4 Å². The van der Waals surface area contributed by atoms with Gasteiger partial charge in [0.05, 0.1) is 0 Å². The third kappa shape index (κ3) is 2.71. The van der Waals surface area contributed by atoms with Crippen molar-refractivity contribution >= 4 is 41.8 Å². The van der Waals surface area contributed by atoms with E-state index in [4.69, 9.17) is 5.73 Å². The molecule has 1 aromatic rings. The third-order valence-electron chi connectivity index (χ3n) is 3.72. The lowest BCUT2D eigenvalue weighted by atomic mass is 9.97. The maximum atomic E-state index is 12.3. The second-order valence-electron chi connectivity index (χ2n) is 5.11. The lowest BCUT2D eigenvalue weighted by Gasteiger charge is -2.54. The lowest BCUT2D eigenvalue weighted by molar-refractivity contribution is -0.157. The van der Waals surface area contributed by atoms with Gasteiger partial charge in [-0.2, -0.15) is 0 Å². The van der Waals surface area contributed by atoms with Gasteiger partial charge in [0.25, 0.3) is 5.91 Å². The van der Waals surface area contributed by atoms with Gasteiger partial charge in [-0.3, -0.25) is 20.2 Å². The average Bonchev–Trinajstić information content (AvgIpc) is 3.06. The Hall–Kier alpha value is -2.32. The highest BCUT2D eigenvalue weighted by Crippen LogP contribution is 2.44. The molecule has 14 heteroatoms. The number of nitrogens with zero attached hydrogens (tertiary/aromatic N) is 5. The molecule has 0 unspecified atom stereocenters. The number of carboxylic acid groups (broad SMARTS) is 1. The summed E-state index contributed by atoms with van der Waals surface area (Å²) >= 11 is 2.52. The lowest BCUT2D eigenvalue weighted by Crippen LogP contribution is -2.83. The molecule has 2 aliphatic heterocycles. The minimum atomic E-state index is -1.58. The molecule has 3 rings (SSSR count). The number of carbonyl (C=O) groups is 3. The SMILES string of the molecule is CNn1nnnc1SCC1=C(C(=O)O)N2C(=O)[C@](N)(NC=O)[C@H]2SC1. The van der Waals surface area contributed by atoms with Crippen molar-refractivity contribution in [1.29, 1.82) is 0 Å². The van der Waals surface area contributed by atoms with Gasteiger partial charge in [0, 0.05) is 18.6 Å². The van der Waals surface area contributed by atoms with E-state index in [0.717, 1.165) is 4.90 Å². The highest BCUT2D eigenvalue weighted by atomic mass is 32.2. The molecule has 1 fully saturated rings. The zero-order valence-corrected chi connectivity index (χ0v) is 14.5. The van der Waals surface area contributed by atoms with Crippen molar-refractivity contribution in [1.82, 2.24) is 30.5 Å². The number of tetrazole rings is 1. The van der Waals surface area contributed by atoms with Crippen molar-refractivity contribution in [2.75, 3.05) is 24.0 Å². The van der Waals surface area contributed by atoms with Crippen molar-refractivity contribution in [3.05, 3.63) is 11.3 Å². The number of rotatable bonds is 7. The van der Waals surface area contributed by atoms with Crippen LogP contribution in [0.3, 0.4) is 0 Å². The van der Waals surface area contributed by atoms with Gasteiger partial charge in [-0.05, 0) is 16.0 Å². The molecule has 134 valence electrons. The quantitative estimate of drug-likeness (QED) is 0.170. The van der Waals surface area contributed by atoms with Crippen LogP contribution >= 0.6 is 23.5 Å². The van der Waals surface area contributed by atoms with E-state index in [2.05, 4.69) is 26.3 Å². The smallest absolute Gasteiger partial charge is 0.352 e. The van der Waals surface area contributed by atoms with Crippen LogP contribution in [-0.4, -0.2) is 78.2 Å². The monoisotopic (exact) mass is 386 g/mol. The Kier molecular flexibility index (Phi) is 4.57. The average molecular weight is 386 g/mol. The van der Waals surface area contributed by atoms with Crippen molar-refractivity contribution in [2.45, 2.75) is 16.2 Å². The first-order valence-electron chi connectivity index (χ1n) is 6.93. The molecule has 0 spiro atoms. The maximum absolute atomic E-state index is 12.3. The number of aliphatic carboxylic acids is 1. The van der Waals surface area contributed by atoms with E-state index >= 15 is 0 Å². The molecule has 2 atom stereocenters.